The molecule has 2 aliphatic rings. The summed E-state index contributed by atoms with van der Waals surface area (Å²) in [5.74, 6) is 0.756. The van der Waals surface area contributed by atoms with E-state index in [2.05, 4.69) is 48.3 Å². The van der Waals surface area contributed by atoms with Crippen LogP contribution in [-0.4, -0.2) is 36.6 Å². The van der Waals surface area contributed by atoms with Crippen molar-refractivity contribution in [1.82, 2.24) is 10.2 Å². The fourth-order valence-electron chi connectivity index (χ4n) is 3.55. The van der Waals surface area contributed by atoms with Crippen LogP contribution in [0.25, 0.3) is 0 Å². The highest BCUT2D eigenvalue weighted by molar-refractivity contribution is 5.33. The van der Waals surface area contributed by atoms with Crippen molar-refractivity contribution >= 4 is 0 Å². The van der Waals surface area contributed by atoms with Gasteiger partial charge in [-0.2, -0.15) is 0 Å². The molecule has 0 aromatic heterocycles. The quantitative estimate of drug-likeness (QED) is 0.832. The van der Waals surface area contributed by atoms with Crippen LogP contribution in [0.1, 0.15) is 31.4 Å². The highest BCUT2D eigenvalue weighted by Crippen LogP contribution is 2.26. The summed E-state index contributed by atoms with van der Waals surface area (Å²) in [5, 5.41) is 3.64. The van der Waals surface area contributed by atoms with Crippen LogP contribution in [-0.2, 0) is 12.8 Å². The fourth-order valence-corrected chi connectivity index (χ4v) is 3.55. The minimum Gasteiger partial charge on any atom is -0.314 e. The summed E-state index contributed by atoms with van der Waals surface area (Å²) < 4.78 is 0. The first kappa shape index (κ1) is 13.1. The number of rotatable bonds is 1. The molecule has 1 fully saturated rings. The predicted molar refractivity (Wildman–Crippen MR) is 80.5 cm³/mol. The molecule has 1 aliphatic heterocycles. The first-order valence-corrected chi connectivity index (χ1v) is 7.76. The molecule has 2 atom stereocenters. The van der Waals surface area contributed by atoms with Crippen molar-refractivity contribution in [2.45, 2.75) is 45.2 Å². The minimum atomic E-state index is 0.661. The highest BCUT2D eigenvalue weighted by Gasteiger charge is 2.28. The van der Waals surface area contributed by atoms with Crippen LogP contribution in [0.4, 0.5) is 0 Å². The maximum absolute atomic E-state index is 3.64. The van der Waals surface area contributed by atoms with Gasteiger partial charge in [0, 0.05) is 18.6 Å². The average Bonchev–Trinajstić information content (AvgIpc) is 2.82. The largest absolute Gasteiger partial charge is 0.314 e. The summed E-state index contributed by atoms with van der Waals surface area (Å²) in [6.45, 7) is 8.35. The minimum absolute atomic E-state index is 0.661. The Morgan fingerprint density at radius 3 is 2.47 bits per heavy atom. The van der Waals surface area contributed by atoms with E-state index in [0.717, 1.165) is 18.5 Å². The van der Waals surface area contributed by atoms with E-state index in [1.807, 2.05) is 0 Å². The summed E-state index contributed by atoms with van der Waals surface area (Å²) in [5.41, 5.74) is 3.15. The summed E-state index contributed by atoms with van der Waals surface area (Å²) in [4.78, 5) is 2.75. The summed E-state index contributed by atoms with van der Waals surface area (Å²) >= 11 is 0. The lowest BCUT2D eigenvalue weighted by Gasteiger charge is -2.35. The Bertz CT molecular complexity index is 404. The topological polar surface area (TPSA) is 15.3 Å². The molecular weight excluding hydrogens is 232 g/mol. The van der Waals surface area contributed by atoms with E-state index in [9.17, 15) is 0 Å². The lowest BCUT2D eigenvalue weighted by molar-refractivity contribution is 0.151. The second kappa shape index (κ2) is 5.64. The zero-order valence-electron chi connectivity index (χ0n) is 12.2. The first-order valence-electron chi connectivity index (χ1n) is 7.76. The van der Waals surface area contributed by atoms with Crippen molar-refractivity contribution in [1.29, 1.82) is 0 Å². The number of fused-ring (bicyclic) bond motifs is 1. The molecule has 1 N–H and O–H groups in total. The second-order valence-electron chi connectivity index (χ2n) is 6.53. The van der Waals surface area contributed by atoms with Crippen LogP contribution in [0.3, 0.4) is 0 Å². The lowest BCUT2D eigenvalue weighted by Crippen LogP contribution is -2.46. The molecule has 1 saturated heterocycles. The van der Waals surface area contributed by atoms with Gasteiger partial charge in [-0.1, -0.05) is 31.2 Å². The van der Waals surface area contributed by atoms with Crippen LogP contribution < -0.4 is 5.32 Å². The molecule has 3 rings (SSSR count). The van der Waals surface area contributed by atoms with Gasteiger partial charge in [0.2, 0.25) is 0 Å². The van der Waals surface area contributed by atoms with Crippen molar-refractivity contribution < 1.29 is 0 Å². The van der Waals surface area contributed by atoms with E-state index >= 15 is 0 Å². The number of nitrogens with one attached hydrogen (secondary N) is 1. The number of hydrogen-bond donors (Lipinski definition) is 1. The maximum Gasteiger partial charge on any atom is 0.0176 e. The van der Waals surface area contributed by atoms with Crippen molar-refractivity contribution in [3.8, 4) is 0 Å². The van der Waals surface area contributed by atoms with Gasteiger partial charge in [-0.3, -0.25) is 4.90 Å². The number of benzene rings is 1. The van der Waals surface area contributed by atoms with E-state index in [0.29, 0.717) is 6.04 Å². The van der Waals surface area contributed by atoms with Crippen molar-refractivity contribution in [3.05, 3.63) is 35.4 Å². The molecule has 1 aromatic carbocycles. The Balaban J connectivity index is 1.68. The fraction of sp³-hybridized carbons (Fsp3) is 0.647. The van der Waals surface area contributed by atoms with Gasteiger partial charge in [-0.15, -0.1) is 0 Å². The van der Waals surface area contributed by atoms with Crippen LogP contribution in [0, 0.1) is 5.92 Å². The van der Waals surface area contributed by atoms with E-state index in [1.165, 1.54) is 32.4 Å². The van der Waals surface area contributed by atoms with E-state index in [1.54, 1.807) is 11.1 Å². The van der Waals surface area contributed by atoms with E-state index < -0.39 is 0 Å². The van der Waals surface area contributed by atoms with Gasteiger partial charge < -0.3 is 5.32 Å². The van der Waals surface area contributed by atoms with Crippen LogP contribution in [0.15, 0.2) is 24.3 Å². The van der Waals surface area contributed by atoms with Gasteiger partial charge in [0.15, 0.2) is 0 Å². The molecule has 0 bridgehead atoms. The average molecular weight is 258 g/mol. The third-order valence-corrected chi connectivity index (χ3v) is 4.76. The third-order valence-electron chi connectivity index (χ3n) is 4.76. The number of hydrogen-bond acceptors (Lipinski definition) is 2. The van der Waals surface area contributed by atoms with Gasteiger partial charge in [0.25, 0.3) is 0 Å². The van der Waals surface area contributed by atoms with Gasteiger partial charge in [-0.05, 0) is 56.3 Å². The maximum atomic E-state index is 3.64. The molecule has 1 heterocycles. The molecule has 1 aromatic rings. The predicted octanol–water partition coefficient (Wildman–Crippen LogP) is 2.47. The molecule has 2 nitrogen and oxygen atoms in total. The third kappa shape index (κ3) is 3.01. The Hall–Kier alpha value is -0.860. The number of nitrogens with zero attached hydrogens (tertiary/aromatic N) is 1. The molecule has 104 valence electrons. The van der Waals surface area contributed by atoms with E-state index in [-0.39, 0.29) is 0 Å². The summed E-state index contributed by atoms with van der Waals surface area (Å²) in [6, 6.07) is 10.4. The molecule has 0 amide bonds. The Morgan fingerprint density at radius 2 is 1.79 bits per heavy atom. The van der Waals surface area contributed by atoms with E-state index in [4.69, 9.17) is 0 Å². The Kier molecular flexibility index (Phi) is 3.90. The monoisotopic (exact) mass is 258 g/mol. The molecular formula is C17H26N2. The smallest absolute Gasteiger partial charge is 0.0176 e. The van der Waals surface area contributed by atoms with Gasteiger partial charge in [0.1, 0.15) is 0 Å². The highest BCUT2D eigenvalue weighted by atomic mass is 15.2. The molecule has 19 heavy (non-hydrogen) atoms. The standard InChI is InChI=1S/C17H26N2/c1-13-11-18-14(2)7-8-19(12-13)17-9-15-5-3-4-6-16(15)10-17/h3-6,13-14,17-18H,7-12H2,1-2H3. The molecule has 0 saturated carbocycles. The molecule has 1 aliphatic carbocycles. The zero-order valence-corrected chi connectivity index (χ0v) is 12.2. The lowest BCUT2D eigenvalue weighted by atomic mass is 10.0. The Labute approximate surface area is 117 Å². The normalized spacial score (nSPS) is 29.8. The summed E-state index contributed by atoms with van der Waals surface area (Å²) in [7, 11) is 0. The molecule has 0 radical (unpaired) electrons. The van der Waals surface area contributed by atoms with Gasteiger partial charge in [-0.25, -0.2) is 0 Å². The van der Waals surface area contributed by atoms with Crippen molar-refractivity contribution in [3.63, 3.8) is 0 Å². The van der Waals surface area contributed by atoms with Crippen molar-refractivity contribution in [2.75, 3.05) is 19.6 Å². The molecule has 2 heteroatoms. The van der Waals surface area contributed by atoms with Crippen LogP contribution in [0.2, 0.25) is 0 Å². The van der Waals surface area contributed by atoms with Crippen molar-refractivity contribution in [2.24, 2.45) is 5.92 Å². The van der Waals surface area contributed by atoms with Crippen LogP contribution in [0.5, 0.6) is 0 Å². The van der Waals surface area contributed by atoms with Crippen LogP contribution >= 0.6 is 0 Å². The van der Waals surface area contributed by atoms with Gasteiger partial charge >= 0.3 is 0 Å². The summed E-state index contributed by atoms with van der Waals surface area (Å²) in [6.07, 6.45) is 3.79. The SMILES string of the molecule is CC1CNC(C)CCN(C2Cc3ccccc3C2)C1. The first-order chi connectivity index (χ1) is 9.22. The Morgan fingerprint density at radius 1 is 1.11 bits per heavy atom. The molecule has 0 spiro atoms. The second-order valence-corrected chi connectivity index (χ2v) is 6.53. The van der Waals surface area contributed by atoms with Gasteiger partial charge in [0.05, 0.1) is 0 Å². The zero-order chi connectivity index (χ0) is 13.2. The molecule has 2 unspecified atom stereocenters.